The summed E-state index contributed by atoms with van der Waals surface area (Å²) in [5.41, 5.74) is 1.06. The molecule has 1 fully saturated rings. The topological polar surface area (TPSA) is 41.5 Å². The van der Waals surface area contributed by atoms with Crippen LogP contribution >= 0.6 is 35.6 Å². The van der Waals surface area contributed by atoms with E-state index in [1.54, 1.807) is 0 Å². The van der Waals surface area contributed by atoms with Crippen LogP contribution in [0.2, 0.25) is 10.0 Å². The molecule has 1 aromatic rings. The number of nitrogens with one attached hydrogen (secondary N) is 1. The zero-order valence-electron chi connectivity index (χ0n) is 11.1. The smallest absolute Gasteiger partial charge is 0.0866 e. The van der Waals surface area contributed by atoms with Crippen molar-refractivity contribution in [3.05, 3.63) is 33.8 Å². The predicted molar refractivity (Wildman–Crippen MR) is 85.1 cm³/mol. The lowest BCUT2D eigenvalue weighted by Crippen LogP contribution is -2.24. The Morgan fingerprint density at radius 1 is 1.30 bits per heavy atom. The van der Waals surface area contributed by atoms with Gasteiger partial charge in [-0.05, 0) is 30.5 Å². The van der Waals surface area contributed by atoms with Gasteiger partial charge >= 0.3 is 0 Å². The summed E-state index contributed by atoms with van der Waals surface area (Å²) >= 11 is 12.0. The number of rotatable bonds is 4. The molecule has 2 rings (SSSR count). The summed E-state index contributed by atoms with van der Waals surface area (Å²) in [7, 11) is 0. The highest BCUT2D eigenvalue weighted by Gasteiger charge is 2.26. The van der Waals surface area contributed by atoms with Gasteiger partial charge in [0.05, 0.1) is 22.8 Å². The molecule has 2 N–H and O–H groups in total. The number of halogens is 3. The van der Waals surface area contributed by atoms with Crippen molar-refractivity contribution < 1.29 is 9.84 Å². The van der Waals surface area contributed by atoms with E-state index in [-0.39, 0.29) is 25.1 Å². The first-order valence-corrected chi connectivity index (χ1v) is 7.36. The molecule has 1 aliphatic rings. The van der Waals surface area contributed by atoms with E-state index in [0.29, 0.717) is 22.6 Å². The van der Waals surface area contributed by atoms with Crippen molar-refractivity contribution in [1.82, 2.24) is 5.32 Å². The van der Waals surface area contributed by atoms with Gasteiger partial charge in [-0.2, -0.15) is 0 Å². The first-order valence-electron chi connectivity index (χ1n) is 6.60. The maximum Gasteiger partial charge on any atom is 0.0866 e. The molecule has 1 aromatic carbocycles. The van der Waals surface area contributed by atoms with Gasteiger partial charge in [-0.3, -0.25) is 0 Å². The highest BCUT2D eigenvalue weighted by molar-refractivity contribution is 6.42. The summed E-state index contributed by atoms with van der Waals surface area (Å²) in [4.78, 5) is 0. The van der Waals surface area contributed by atoms with E-state index in [9.17, 15) is 0 Å². The summed E-state index contributed by atoms with van der Waals surface area (Å²) in [6, 6.07) is 5.66. The fourth-order valence-electron chi connectivity index (χ4n) is 2.45. The Bertz CT molecular complexity index is 417. The fourth-order valence-corrected chi connectivity index (χ4v) is 2.76. The third-order valence-electron chi connectivity index (χ3n) is 3.42. The van der Waals surface area contributed by atoms with Crippen LogP contribution in [0.4, 0.5) is 0 Å². The quantitative estimate of drug-likeness (QED) is 0.882. The molecule has 1 saturated heterocycles. The molecule has 0 bridgehead atoms. The second-order valence-electron chi connectivity index (χ2n) is 4.79. The van der Waals surface area contributed by atoms with E-state index >= 15 is 0 Å². The molecule has 0 amide bonds. The molecule has 0 unspecified atom stereocenters. The van der Waals surface area contributed by atoms with Gasteiger partial charge < -0.3 is 15.2 Å². The van der Waals surface area contributed by atoms with Gasteiger partial charge in [-0.15, -0.1) is 12.4 Å². The molecule has 6 heteroatoms. The number of aliphatic hydroxyl groups excluding tert-OH is 1. The van der Waals surface area contributed by atoms with Crippen molar-refractivity contribution >= 4 is 35.6 Å². The van der Waals surface area contributed by atoms with Crippen LogP contribution in [0.25, 0.3) is 0 Å². The van der Waals surface area contributed by atoms with E-state index < -0.39 is 0 Å². The molecular formula is C14H20Cl3NO2. The zero-order chi connectivity index (χ0) is 13.7. The van der Waals surface area contributed by atoms with Crippen LogP contribution in [0.3, 0.4) is 0 Å². The van der Waals surface area contributed by atoms with Crippen molar-refractivity contribution in [3.63, 3.8) is 0 Å². The summed E-state index contributed by atoms with van der Waals surface area (Å²) in [5.74, 6) is 0.340. The Kier molecular flexibility index (Phi) is 8.18. The minimum atomic E-state index is 0. The molecule has 3 nitrogen and oxygen atoms in total. The lowest BCUT2D eigenvalue weighted by molar-refractivity contribution is 0.0261. The molecule has 0 saturated carbocycles. The lowest BCUT2D eigenvalue weighted by Gasteiger charge is -2.25. The Balaban J connectivity index is 0.00000200. The lowest BCUT2D eigenvalue weighted by atomic mass is 9.91. The third-order valence-corrected chi connectivity index (χ3v) is 4.16. The number of hydrogen-bond acceptors (Lipinski definition) is 3. The molecule has 20 heavy (non-hydrogen) atoms. The van der Waals surface area contributed by atoms with Gasteiger partial charge in [-0.1, -0.05) is 29.3 Å². The van der Waals surface area contributed by atoms with Gasteiger partial charge in [0.1, 0.15) is 0 Å². The van der Waals surface area contributed by atoms with Crippen molar-refractivity contribution in [2.75, 3.05) is 26.3 Å². The molecule has 0 radical (unpaired) electrons. The highest BCUT2D eigenvalue weighted by atomic mass is 35.5. The SMILES string of the molecule is Cl.OCCC[C@@H]1CNCCO[C@H]1c1ccc(Cl)c(Cl)c1. The molecule has 0 aromatic heterocycles. The molecule has 0 aliphatic carbocycles. The summed E-state index contributed by atoms with van der Waals surface area (Å²) < 4.78 is 5.95. The maximum atomic E-state index is 9.00. The Morgan fingerprint density at radius 2 is 2.10 bits per heavy atom. The molecule has 1 aliphatic heterocycles. The maximum absolute atomic E-state index is 9.00. The first kappa shape index (κ1) is 18.0. The largest absolute Gasteiger partial charge is 0.396 e. The monoisotopic (exact) mass is 339 g/mol. The number of benzene rings is 1. The van der Waals surface area contributed by atoms with E-state index in [0.717, 1.165) is 31.5 Å². The Labute approximate surface area is 136 Å². The number of aliphatic hydroxyl groups is 1. The van der Waals surface area contributed by atoms with Crippen LogP contribution in [0.15, 0.2) is 18.2 Å². The number of hydrogen-bond donors (Lipinski definition) is 2. The van der Waals surface area contributed by atoms with Crippen molar-refractivity contribution in [2.24, 2.45) is 5.92 Å². The van der Waals surface area contributed by atoms with E-state index in [2.05, 4.69) is 5.32 Å². The summed E-state index contributed by atoms with van der Waals surface area (Å²) in [5, 5.41) is 13.5. The van der Waals surface area contributed by atoms with E-state index in [1.165, 1.54) is 0 Å². The second-order valence-corrected chi connectivity index (χ2v) is 5.61. The molecule has 2 atom stereocenters. The van der Waals surface area contributed by atoms with Crippen LogP contribution in [0.1, 0.15) is 24.5 Å². The standard InChI is InChI=1S/C14H19Cl2NO2.ClH/c15-12-4-3-10(8-13(12)16)14-11(2-1-6-18)9-17-5-7-19-14;/h3-4,8,11,14,17-18H,1-2,5-7,9H2;1H/t11-,14+;/m1./s1. The summed E-state index contributed by atoms with van der Waals surface area (Å²) in [6.45, 7) is 2.64. The predicted octanol–water partition coefficient (Wildman–Crippen LogP) is 3.46. The first-order chi connectivity index (χ1) is 9.22. The third kappa shape index (κ3) is 4.76. The van der Waals surface area contributed by atoms with Crippen molar-refractivity contribution in [2.45, 2.75) is 18.9 Å². The van der Waals surface area contributed by atoms with Gasteiger partial charge in [0.15, 0.2) is 0 Å². The van der Waals surface area contributed by atoms with Crippen LogP contribution in [0.5, 0.6) is 0 Å². The van der Waals surface area contributed by atoms with Gasteiger partial charge in [-0.25, -0.2) is 0 Å². The molecule has 114 valence electrons. The minimum Gasteiger partial charge on any atom is -0.396 e. The van der Waals surface area contributed by atoms with Crippen LogP contribution < -0.4 is 5.32 Å². The molecular weight excluding hydrogens is 321 g/mol. The second kappa shape index (κ2) is 9.08. The minimum absolute atomic E-state index is 0. The van der Waals surface area contributed by atoms with Gasteiger partial charge in [0, 0.05) is 25.6 Å². The zero-order valence-corrected chi connectivity index (χ0v) is 13.5. The fraction of sp³-hybridized carbons (Fsp3) is 0.571. The Hall–Kier alpha value is -0.0300. The average molecular weight is 341 g/mol. The van der Waals surface area contributed by atoms with Crippen LogP contribution in [-0.4, -0.2) is 31.4 Å². The van der Waals surface area contributed by atoms with E-state index in [1.807, 2.05) is 18.2 Å². The number of ether oxygens (including phenoxy) is 1. The van der Waals surface area contributed by atoms with Gasteiger partial charge in [0.2, 0.25) is 0 Å². The van der Waals surface area contributed by atoms with Gasteiger partial charge in [0.25, 0.3) is 0 Å². The van der Waals surface area contributed by atoms with Crippen LogP contribution in [-0.2, 0) is 4.74 Å². The molecule has 0 spiro atoms. The Morgan fingerprint density at radius 3 is 2.80 bits per heavy atom. The normalized spacial score (nSPS) is 22.9. The van der Waals surface area contributed by atoms with Crippen molar-refractivity contribution in [1.29, 1.82) is 0 Å². The average Bonchev–Trinajstić information content (AvgIpc) is 2.65. The highest BCUT2D eigenvalue weighted by Crippen LogP contribution is 2.33. The summed E-state index contributed by atoms with van der Waals surface area (Å²) in [6.07, 6.45) is 1.72. The van der Waals surface area contributed by atoms with E-state index in [4.69, 9.17) is 33.0 Å². The van der Waals surface area contributed by atoms with Crippen molar-refractivity contribution in [3.8, 4) is 0 Å². The molecule has 1 heterocycles. The van der Waals surface area contributed by atoms with Crippen LogP contribution in [0, 0.1) is 5.92 Å².